The molecule has 84 valence electrons. The van der Waals surface area contributed by atoms with Crippen LogP contribution in [0.4, 0.5) is 0 Å². The Labute approximate surface area is 95.4 Å². The standard InChI is InChI=1S/C13H16NO2/c1-2-13-14(8-9-16-13)10-12(15)11-6-4-3-5-7-11/h3-7H,2,8-10H2,1H3/q+1. The predicted molar refractivity (Wildman–Crippen MR) is 62.0 cm³/mol. The van der Waals surface area contributed by atoms with Crippen molar-refractivity contribution >= 4 is 11.7 Å². The average molecular weight is 218 g/mol. The van der Waals surface area contributed by atoms with Crippen molar-refractivity contribution in [1.29, 1.82) is 0 Å². The predicted octanol–water partition coefficient (Wildman–Crippen LogP) is 1.72. The van der Waals surface area contributed by atoms with Gasteiger partial charge in [0.2, 0.25) is 12.3 Å². The Kier molecular flexibility index (Phi) is 3.34. The van der Waals surface area contributed by atoms with Crippen LogP contribution in [-0.4, -0.2) is 36.0 Å². The number of hydrogen-bond donors (Lipinski definition) is 0. The van der Waals surface area contributed by atoms with Gasteiger partial charge in [0.25, 0.3) is 0 Å². The summed E-state index contributed by atoms with van der Waals surface area (Å²) in [5, 5.41) is 0. The molecule has 1 aromatic rings. The molecule has 0 saturated heterocycles. The summed E-state index contributed by atoms with van der Waals surface area (Å²) in [6, 6.07) is 9.39. The van der Waals surface area contributed by atoms with Crippen LogP contribution in [-0.2, 0) is 4.74 Å². The van der Waals surface area contributed by atoms with E-state index in [1.807, 2.05) is 41.8 Å². The van der Waals surface area contributed by atoms with Crippen LogP contribution in [0.3, 0.4) is 0 Å². The zero-order valence-electron chi connectivity index (χ0n) is 9.48. The number of ketones is 1. The number of benzene rings is 1. The topological polar surface area (TPSA) is 29.3 Å². The third-order valence-corrected chi connectivity index (χ3v) is 2.72. The quantitative estimate of drug-likeness (QED) is 0.569. The number of rotatable bonds is 4. The van der Waals surface area contributed by atoms with Crippen LogP contribution >= 0.6 is 0 Å². The molecule has 3 nitrogen and oxygen atoms in total. The molecule has 0 aromatic heterocycles. The van der Waals surface area contributed by atoms with E-state index >= 15 is 0 Å². The first-order valence-electron chi connectivity index (χ1n) is 5.63. The summed E-state index contributed by atoms with van der Waals surface area (Å²) in [6.45, 7) is 3.99. The highest BCUT2D eigenvalue weighted by molar-refractivity contribution is 5.97. The third kappa shape index (κ3) is 2.30. The molecule has 0 unspecified atom stereocenters. The first-order chi connectivity index (χ1) is 7.81. The first kappa shape index (κ1) is 10.9. The largest absolute Gasteiger partial charge is 0.441 e. The Morgan fingerprint density at radius 1 is 1.38 bits per heavy atom. The van der Waals surface area contributed by atoms with E-state index in [9.17, 15) is 4.79 Å². The highest BCUT2D eigenvalue weighted by atomic mass is 16.5. The van der Waals surface area contributed by atoms with Crippen molar-refractivity contribution in [2.24, 2.45) is 0 Å². The van der Waals surface area contributed by atoms with Gasteiger partial charge in [-0.1, -0.05) is 37.3 Å². The van der Waals surface area contributed by atoms with Crippen molar-refractivity contribution in [3.05, 3.63) is 35.9 Å². The number of Topliss-reactive ketones (excluding diaryl/α,β-unsaturated/α-hetero) is 1. The molecular weight excluding hydrogens is 202 g/mol. The molecule has 0 radical (unpaired) electrons. The molecular formula is C13H16NO2+. The summed E-state index contributed by atoms with van der Waals surface area (Å²) in [4.78, 5) is 12.0. The van der Waals surface area contributed by atoms with Gasteiger partial charge in [0.1, 0.15) is 0 Å². The zero-order chi connectivity index (χ0) is 11.4. The third-order valence-electron chi connectivity index (χ3n) is 2.72. The molecule has 1 aliphatic heterocycles. The van der Waals surface area contributed by atoms with Crippen molar-refractivity contribution in [1.82, 2.24) is 0 Å². The maximum atomic E-state index is 12.0. The molecule has 0 fully saturated rings. The van der Waals surface area contributed by atoms with Crippen molar-refractivity contribution in [2.75, 3.05) is 19.7 Å². The number of carbonyl (C=O) groups excluding carboxylic acids is 1. The van der Waals surface area contributed by atoms with E-state index in [0.717, 1.165) is 24.4 Å². The molecule has 0 saturated carbocycles. The molecule has 2 rings (SSSR count). The average Bonchev–Trinajstić information content (AvgIpc) is 2.77. The van der Waals surface area contributed by atoms with E-state index < -0.39 is 0 Å². The van der Waals surface area contributed by atoms with Gasteiger partial charge in [0.05, 0.1) is 6.42 Å². The molecule has 0 bridgehead atoms. The van der Waals surface area contributed by atoms with Gasteiger partial charge in [0.15, 0.2) is 13.2 Å². The van der Waals surface area contributed by atoms with Crippen molar-refractivity contribution in [3.8, 4) is 0 Å². The van der Waals surface area contributed by atoms with Crippen LogP contribution in [0.1, 0.15) is 23.7 Å². The summed E-state index contributed by atoms with van der Waals surface area (Å²) in [7, 11) is 0. The summed E-state index contributed by atoms with van der Waals surface area (Å²) in [6.07, 6.45) is 0.849. The summed E-state index contributed by atoms with van der Waals surface area (Å²) in [5.74, 6) is 1.08. The molecule has 0 N–H and O–H groups in total. The zero-order valence-corrected chi connectivity index (χ0v) is 9.48. The van der Waals surface area contributed by atoms with Crippen molar-refractivity contribution in [3.63, 3.8) is 0 Å². The van der Waals surface area contributed by atoms with Crippen LogP contribution < -0.4 is 0 Å². The lowest BCUT2D eigenvalue weighted by Gasteiger charge is -1.99. The van der Waals surface area contributed by atoms with Gasteiger partial charge in [-0.15, -0.1) is 0 Å². The van der Waals surface area contributed by atoms with E-state index in [4.69, 9.17) is 4.74 Å². The van der Waals surface area contributed by atoms with Gasteiger partial charge < -0.3 is 4.74 Å². The summed E-state index contributed by atoms with van der Waals surface area (Å²) >= 11 is 0. The Bertz CT molecular complexity index is 409. The molecule has 0 aliphatic carbocycles. The van der Waals surface area contributed by atoms with E-state index in [-0.39, 0.29) is 5.78 Å². The Balaban J connectivity index is 2.08. The SMILES string of the molecule is CCC1=[N+](CC(=O)c2ccccc2)CCO1. The lowest BCUT2D eigenvalue weighted by atomic mass is 10.1. The molecule has 1 heterocycles. The summed E-state index contributed by atoms with van der Waals surface area (Å²) < 4.78 is 7.46. The van der Waals surface area contributed by atoms with Gasteiger partial charge in [-0.05, 0) is 0 Å². The minimum Gasteiger partial charge on any atom is -0.441 e. The lowest BCUT2D eigenvalue weighted by molar-refractivity contribution is -0.505. The van der Waals surface area contributed by atoms with Crippen LogP contribution in [0.2, 0.25) is 0 Å². The molecule has 1 aromatic carbocycles. The van der Waals surface area contributed by atoms with E-state index in [0.29, 0.717) is 13.2 Å². The molecule has 3 heteroatoms. The van der Waals surface area contributed by atoms with E-state index in [1.165, 1.54) is 0 Å². The maximum Gasteiger partial charge on any atom is 0.336 e. The van der Waals surface area contributed by atoms with Gasteiger partial charge in [-0.3, -0.25) is 4.79 Å². The first-order valence-corrected chi connectivity index (χ1v) is 5.63. The van der Waals surface area contributed by atoms with Crippen LogP contribution in [0.25, 0.3) is 0 Å². The van der Waals surface area contributed by atoms with Crippen molar-refractivity contribution in [2.45, 2.75) is 13.3 Å². The minimum atomic E-state index is 0.150. The second-order valence-electron chi connectivity index (χ2n) is 3.81. The Hall–Kier alpha value is -1.64. The molecule has 0 spiro atoms. The fourth-order valence-electron chi connectivity index (χ4n) is 1.87. The van der Waals surface area contributed by atoms with E-state index in [2.05, 4.69) is 0 Å². The van der Waals surface area contributed by atoms with Crippen LogP contribution in [0.15, 0.2) is 30.3 Å². The second kappa shape index (κ2) is 4.92. The second-order valence-corrected chi connectivity index (χ2v) is 3.81. The fourth-order valence-corrected chi connectivity index (χ4v) is 1.87. The number of carbonyl (C=O) groups is 1. The van der Waals surface area contributed by atoms with Gasteiger partial charge in [-0.2, -0.15) is 4.58 Å². The monoisotopic (exact) mass is 218 g/mol. The molecule has 16 heavy (non-hydrogen) atoms. The highest BCUT2D eigenvalue weighted by Crippen LogP contribution is 2.04. The fraction of sp³-hybridized carbons (Fsp3) is 0.385. The molecule has 1 aliphatic rings. The van der Waals surface area contributed by atoms with Gasteiger partial charge >= 0.3 is 5.90 Å². The number of nitrogens with zero attached hydrogens (tertiary/aromatic N) is 1. The normalized spacial score (nSPS) is 15.1. The van der Waals surface area contributed by atoms with Gasteiger partial charge in [-0.25, -0.2) is 0 Å². The molecule has 0 atom stereocenters. The highest BCUT2D eigenvalue weighted by Gasteiger charge is 2.24. The maximum absolute atomic E-state index is 12.0. The molecule has 0 amide bonds. The Morgan fingerprint density at radius 3 is 2.81 bits per heavy atom. The summed E-state index contributed by atoms with van der Waals surface area (Å²) in [5.41, 5.74) is 0.768. The number of ether oxygens (including phenoxy) is 1. The van der Waals surface area contributed by atoms with Crippen LogP contribution in [0.5, 0.6) is 0 Å². The van der Waals surface area contributed by atoms with Gasteiger partial charge in [0, 0.05) is 5.56 Å². The van der Waals surface area contributed by atoms with Crippen molar-refractivity contribution < 1.29 is 14.1 Å². The Morgan fingerprint density at radius 2 is 2.12 bits per heavy atom. The lowest BCUT2D eigenvalue weighted by Crippen LogP contribution is -2.23. The number of hydrogen-bond acceptors (Lipinski definition) is 2. The minimum absolute atomic E-state index is 0.150. The van der Waals surface area contributed by atoms with Crippen LogP contribution in [0, 0.1) is 0 Å². The smallest absolute Gasteiger partial charge is 0.336 e. The van der Waals surface area contributed by atoms with E-state index in [1.54, 1.807) is 0 Å².